The summed E-state index contributed by atoms with van der Waals surface area (Å²) in [6, 6.07) is 9.45. The van der Waals surface area contributed by atoms with Gasteiger partial charge in [-0.05, 0) is 25.5 Å². The lowest BCUT2D eigenvalue weighted by Crippen LogP contribution is -2.37. The standard InChI is InChI=1S/C23H26N2O6/c1-15-3-5-16(6-4-15)18(26)7-8-21(29)24-9-2-10-25(12-11-24)23(31)17-13-19(27)22(30)20(28)14-17/h3-6,13-14,27-28,30H,2,7-12H2,1H3. The Hall–Kier alpha value is -3.55. The normalized spacial score (nSPS) is 14.2. The van der Waals surface area contributed by atoms with Crippen molar-refractivity contribution in [3.63, 3.8) is 0 Å². The molecular formula is C23H26N2O6. The van der Waals surface area contributed by atoms with E-state index in [1.807, 2.05) is 19.1 Å². The van der Waals surface area contributed by atoms with Gasteiger partial charge in [-0.2, -0.15) is 0 Å². The van der Waals surface area contributed by atoms with Crippen LogP contribution in [-0.2, 0) is 4.79 Å². The van der Waals surface area contributed by atoms with Gasteiger partial charge in [0.15, 0.2) is 23.0 Å². The number of hydrogen-bond acceptors (Lipinski definition) is 6. The largest absolute Gasteiger partial charge is 0.504 e. The Morgan fingerprint density at radius 2 is 1.39 bits per heavy atom. The maximum Gasteiger partial charge on any atom is 0.254 e. The number of benzene rings is 2. The van der Waals surface area contributed by atoms with Gasteiger partial charge in [-0.25, -0.2) is 0 Å². The molecule has 164 valence electrons. The molecule has 0 bridgehead atoms. The zero-order valence-electron chi connectivity index (χ0n) is 17.4. The Balaban J connectivity index is 1.55. The number of rotatable bonds is 5. The molecule has 1 heterocycles. The number of aromatic hydroxyl groups is 3. The summed E-state index contributed by atoms with van der Waals surface area (Å²) in [5.74, 6) is -2.44. The second-order valence-corrected chi connectivity index (χ2v) is 7.68. The summed E-state index contributed by atoms with van der Waals surface area (Å²) in [5, 5.41) is 28.7. The van der Waals surface area contributed by atoms with E-state index in [0.29, 0.717) is 38.2 Å². The van der Waals surface area contributed by atoms with E-state index >= 15 is 0 Å². The topological polar surface area (TPSA) is 118 Å². The van der Waals surface area contributed by atoms with Gasteiger partial charge in [0.25, 0.3) is 5.91 Å². The van der Waals surface area contributed by atoms with Crippen molar-refractivity contribution < 1.29 is 29.7 Å². The first kappa shape index (κ1) is 22.1. The highest BCUT2D eigenvalue weighted by Crippen LogP contribution is 2.35. The van der Waals surface area contributed by atoms with Crippen LogP contribution in [0.4, 0.5) is 0 Å². The second-order valence-electron chi connectivity index (χ2n) is 7.68. The fourth-order valence-corrected chi connectivity index (χ4v) is 3.54. The molecular weight excluding hydrogens is 400 g/mol. The van der Waals surface area contributed by atoms with E-state index in [9.17, 15) is 29.7 Å². The van der Waals surface area contributed by atoms with E-state index in [1.54, 1.807) is 17.0 Å². The van der Waals surface area contributed by atoms with Crippen molar-refractivity contribution in [3.8, 4) is 17.2 Å². The van der Waals surface area contributed by atoms with Gasteiger partial charge in [0.1, 0.15) is 0 Å². The Bertz CT molecular complexity index is 963. The number of carbonyl (C=O) groups is 3. The predicted molar refractivity (Wildman–Crippen MR) is 113 cm³/mol. The third-order valence-electron chi connectivity index (χ3n) is 5.39. The molecule has 0 atom stereocenters. The quantitative estimate of drug-likeness (QED) is 0.499. The third kappa shape index (κ3) is 5.33. The maximum atomic E-state index is 12.7. The molecule has 1 aliphatic rings. The minimum absolute atomic E-state index is 0.0521. The Kier molecular flexibility index (Phi) is 6.79. The summed E-state index contributed by atoms with van der Waals surface area (Å²) < 4.78 is 0. The fourth-order valence-electron chi connectivity index (χ4n) is 3.54. The summed E-state index contributed by atoms with van der Waals surface area (Å²) >= 11 is 0. The first-order valence-electron chi connectivity index (χ1n) is 10.2. The highest BCUT2D eigenvalue weighted by Gasteiger charge is 2.24. The van der Waals surface area contributed by atoms with Crippen molar-refractivity contribution in [2.45, 2.75) is 26.2 Å². The third-order valence-corrected chi connectivity index (χ3v) is 5.39. The smallest absolute Gasteiger partial charge is 0.254 e. The zero-order valence-corrected chi connectivity index (χ0v) is 17.4. The van der Waals surface area contributed by atoms with E-state index in [-0.39, 0.29) is 30.1 Å². The molecule has 3 rings (SSSR count). The molecule has 2 aromatic carbocycles. The van der Waals surface area contributed by atoms with Gasteiger partial charge in [-0.1, -0.05) is 29.8 Å². The molecule has 0 spiro atoms. The van der Waals surface area contributed by atoms with E-state index in [0.717, 1.165) is 17.7 Å². The lowest BCUT2D eigenvalue weighted by molar-refractivity contribution is -0.131. The summed E-state index contributed by atoms with van der Waals surface area (Å²) in [6.07, 6.45) is 0.812. The van der Waals surface area contributed by atoms with Crippen molar-refractivity contribution >= 4 is 17.6 Å². The number of carbonyl (C=O) groups excluding carboxylic acids is 3. The Morgan fingerprint density at radius 1 is 0.806 bits per heavy atom. The number of amides is 2. The Labute approximate surface area is 180 Å². The first-order chi connectivity index (χ1) is 14.8. The van der Waals surface area contributed by atoms with Crippen LogP contribution < -0.4 is 0 Å². The van der Waals surface area contributed by atoms with Gasteiger partial charge in [0.05, 0.1) is 0 Å². The number of aryl methyl sites for hydroxylation is 1. The van der Waals surface area contributed by atoms with E-state index in [2.05, 4.69) is 0 Å². The van der Waals surface area contributed by atoms with Crippen LogP contribution in [0, 0.1) is 6.92 Å². The summed E-state index contributed by atoms with van der Waals surface area (Å²) in [6.45, 7) is 3.46. The van der Waals surface area contributed by atoms with Gasteiger partial charge in [0, 0.05) is 50.1 Å². The second kappa shape index (κ2) is 9.51. The minimum atomic E-state index is -0.677. The van der Waals surface area contributed by atoms with Gasteiger partial charge in [-0.15, -0.1) is 0 Å². The van der Waals surface area contributed by atoms with Crippen molar-refractivity contribution in [3.05, 3.63) is 53.1 Å². The van der Waals surface area contributed by atoms with Crippen molar-refractivity contribution in [1.82, 2.24) is 9.80 Å². The summed E-state index contributed by atoms with van der Waals surface area (Å²) in [4.78, 5) is 40.8. The molecule has 0 aromatic heterocycles. The van der Waals surface area contributed by atoms with Gasteiger partial charge in [0.2, 0.25) is 5.91 Å². The lowest BCUT2D eigenvalue weighted by atomic mass is 10.0. The monoisotopic (exact) mass is 426 g/mol. The Morgan fingerprint density at radius 3 is 2.03 bits per heavy atom. The molecule has 31 heavy (non-hydrogen) atoms. The average Bonchev–Trinajstić information content (AvgIpc) is 3.01. The molecule has 0 radical (unpaired) electrons. The number of phenolic OH excluding ortho intramolecular Hbond substituents is 3. The average molecular weight is 426 g/mol. The molecule has 8 heteroatoms. The van der Waals surface area contributed by atoms with E-state index < -0.39 is 23.2 Å². The van der Waals surface area contributed by atoms with Crippen LogP contribution in [0.25, 0.3) is 0 Å². The van der Waals surface area contributed by atoms with Crippen molar-refractivity contribution in [2.75, 3.05) is 26.2 Å². The highest BCUT2D eigenvalue weighted by molar-refractivity contribution is 5.98. The van der Waals surface area contributed by atoms with E-state index in [1.165, 1.54) is 4.90 Å². The maximum absolute atomic E-state index is 12.7. The van der Waals surface area contributed by atoms with Crippen LogP contribution in [0.3, 0.4) is 0 Å². The van der Waals surface area contributed by atoms with E-state index in [4.69, 9.17) is 0 Å². The van der Waals surface area contributed by atoms with Gasteiger partial charge >= 0.3 is 0 Å². The number of Topliss-reactive ketones (excluding diaryl/α,β-unsaturated/α-hetero) is 1. The molecule has 1 aliphatic heterocycles. The fraction of sp³-hybridized carbons (Fsp3) is 0.348. The SMILES string of the molecule is Cc1ccc(C(=O)CCC(=O)N2CCCN(C(=O)c3cc(O)c(O)c(O)c3)CC2)cc1. The molecule has 1 saturated heterocycles. The molecule has 0 unspecified atom stereocenters. The first-order valence-corrected chi connectivity index (χ1v) is 10.2. The number of phenols is 3. The predicted octanol–water partition coefficient (Wildman–Crippen LogP) is 2.45. The van der Waals surface area contributed by atoms with Crippen molar-refractivity contribution in [2.24, 2.45) is 0 Å². The summed E-state index contributed by atoms with van der Waals surface area (Å²) in [5.41, 5.74) is 1.71. The van der Waals surface area contributed by atoms with Crippen LogP contribution in [0.2, 0.25) is 0 Å². The molecule has 0 aliphatic carbocycles. The van der Waals surface area contributed by atoms with Crippen molar-refractivity contribution in [1.29, 1.82) is 0 Å². The number of nitrogens with zero attached hydrogens (tertiary/aromatic N) is 2. The molecule has 0 saturated carbocycles. The molecule has 8 nitrogen and oxygen atoms in total. The minimum Gasteiger partial charge on any atom is -0.504 e. The van der Waals surface area contributed by atoms with Crippen LogP contribution in [0.15, 0.2) is 36.4 Å². The lowest BCUT2D eigenvalue weighted by Gasteiger charge is -2.22. The zero-order chi connectivity index (χ0) is 22.5. The van der Waals surface area contributed by atoms with Crippen LogP contribution >= 0.6 is 0 Å². The summed E-state index contributed by atoms with van der Waals surface area (Å²) in [7, 11) is 0. The highest BCUT2D eigenvalue weighted by atomic mass is 16.3. The molecule has 2 aromatic rings. The van der Waals surface area contributed by atoms with Gasteiger partial charge in [-0.3, -0.25) is 14.4 Å². The molecule has 1 fully saturated rings. The van der Waals surface area contributed by atoms with Crippen LogP contribution in [0.5, 0.6) is 17.2 Å². The van der Waals surface area contributed by atoms with Crippen LogP contribution in [0.1, 0.15) is 45.5 Å². The van der Waals surface area contributed by atoms with Crippen LogP contribution in [-0.4, -0.2) is 68.9 Å². The molecule has 2 amide bonds. The number of hydrogen-bond donors (Lipinski definition) is 3. The molecule has 3 N–H and O–H groups in total. The number of ketones is 1. The van der Waals surface area contributed by atoms with Gasteiger partial charge < -0.3 is 25.1 Å².